The van der Waals surface area contributed by atoms with Crippen LogP contribution in [0.3, 0.4) is 0 Å². The molecule has 2 fully saturated rings. The molecule has 30 heavy (non-hydrogen) atoms. The van der Waals surface area contributed by atoms with Crippen LogP contribution in [0.5, 0.6) is 11.6 Å². The van der Waals surface area contributed by atoms with Gasteiger partial charge in [-0.1, -0.05) is 0 Å². The summed E-state index contributed by atoms with van der Waals surface area (Å²) in [4.78, 5) is 30.7. The van der Waals surface area contributed by atoms with Crippen molar-refractivity contribution in [2.45, 2.75) is 45.1 Å². The third-order valence-electron chi connectivity index (χ3n) is 5.99. The number of fused-ring (bicyclic) bond motifs is 1. The summed E-state index contributed by atoms with van der Waals surface area (Å²) in [7, 11) is 0. The van der Waals surface area contributed by atoms with Gasteiger partial charge in [0.05, 0.1) is 12.8 Å². The number of aromatic nitrogens is 1. The Morgan fingerprint density at radius 1 is 1.17 bits per heavy atom. The molecule has 7 heteroatoms. The zero-order valence-corrected chi connectivity index (χ0v) is 16.8. The van der Waals surface area contributed by atoms with E-state index in [9.17, 15) is 14.0 Å². The van der Waals surface area contributed by atoms with Crippen LogP contribution in [-0.2, 0) is 11.2 Å². The highest BCUT2D eigenvalue weighted by Gasteiger charge is 2.36. The number of ether oxygens (including phenoxy) is 2. The smallest absolute Gasteiger partial charge is 0.268 e. The summed E-state index contributed by atoms with van der Waals surface area (Å²) in [6.07, 6.45) is 4.54. The second kappa shape index (κ2) is 7.38. The van der Waals surface area contributed by atoms with Gasteiger partial charge in [-0.15, -0.1) is 0 Å². The number of carbonyl (C=O) groups excluding carboxylic acids is 2. The van der Waals surface area contributed by atoms with Crippen LogP contribution in [0.2, 0.25) is 0 Å². The van der Waals surface area contributed by atoms with E-state index in [-0.39, 0.29) is 11.7 Å². The van der Waals surface area contributed by atoms with Gasteiger partial charge in [-0.05, 0) is 55.9 Å². The van der Waals surface area contributed by atoms with Crippen molar-refractivity contribution in [1.29, 1.82) is 0 Å². The SMILES string of the molecule is Cc1cc(OC2CCN(c3cc(F)c4c(c3)C(=O)CC4)C2=O)cnc1OCC1CC1. The highest BCUT2D eigenvalue weighted by molar-refractivity contribution is 6.04. The third-order valence-corrected chi connectivity index (χ3v) is 5.99. The van der Waals surface area contributed by atoms with Crippen molar-refractivity contribution in [3.63, 3.8) is 0 Å². The Balaban J connectivity index is 1.28. The molecule has 2 heterocycles. The number of amides is 1. The maximum Gasteiger partial charge on any atom is 0.268 e. The maximum absolute atomic E-state index is 14.4. The van der Waals surface area contributed by atoms with E-state index in [1.807, 2.05) is 13.0 Å². The predicted octanol–water partition coefficient (Wildman–Crippen LogP) is 3.63. The van der Waals surface area contributed by atoms with Crippen molar-refractivity contribution in [1.82, 2.24) is 4.98 Å². The molecule has 6 nitrogen and oxygen atoms in total. The molecule has 1 amide bonds. The minimum Gasteiger partial charge on any atom is -0.479 e. The summed E-state index contributed by atoms with van der Waals surface area (Å²) >= 11 is 0. The largest absolute Gasteiger partial charge is 0.479 e. The summed E-state index contributed by atoms with van der Waals surface area (Å²) in [6, 6.07) is 4.79. The van der Waals surface area contributed by atoms with E-state index in [0.717, 1.165) is 5.56 Å². The molecule has 2 aliphatic carbocycles. The molecule has 1 saturated carbocycles. The highest BCUT2D eigenvalue weighted by atomic mass is 19.1. The molecule has 1 unspecified atom stereocenters. The molecule has 2 aromatic rings. The van der Waals surface area contributed by atoms with E-state index in [4.69, 9.17) is 9.47 Å². The molecule has 1 aliphatic heterocycles. The van der Waals surface area contributed by atoms with E-state index in [2.05, 4.69) is 4.98 Å². The van der Waals surface area contributed by atoms with Gasteiger partial charge in [0, 0.05) is 36.2 Å². The van der Waals surface area contributed by atoms with Crippen LogP contribution in [0.1, 0.15) is 47.2 Å². The van der Waals surface area contributed by atoms with E-state index >= 15 is 0 Å². The van der Waals surface area contributed by atoms with Crippen LogP contribution in [0, 0.1) is 18.7 Å². The number of ketones is 1. The maximum atomic E-state index is 14.4. The number of hydrogen-bond donors (Lipinski definition) is 0. The van der Waals surface area contributed by atoms with Gasteiger partial charge in [0.1, 0.15) is 11.6 Å². The fourth-order valence-corrected chi connectivity index (χ4v) is 4.07. The fourth-order valence-electron chi connectivity index (χ4n) is 4.07. The van der Waals surface area contributed by atoms with Crippen molar-refractivity contribution in [3.05, 3.63) is 46.9 Å². The lowest BCUT2D eigenvalue weighted by Crippen LogP contribution is -2.32. The number of rotatable bonds is 6. The number of aryl methyl sites for hydroxylation is 1. The van der Waals surface area contributed by atoms with E-state index < -0.39 is 11.9 Å². The number of benzene rings is 1. The Morgan fingerprint density at radius 2 is 2.00 bits per heavy atom. The van der Waals surface area contributed by atoms with Crippen LogP contribution >= 0.6 is 0 Å². The average molecular weight is 410 g/mol. The summed E-state index contributed by atoms with van der Waals surface area (Å²) in [5.41, 5.74) is 2.11. The quantitative estimate of drug-likeness (QED) is 0.727. The zero-order valence-electron chi connectivity index (χ0n) is 16.8. The molecule has 5 rings (SSSR count). The van der Waals surface area contributed by atoms with Crippen LogP contribution in [0.25, 0.3) is 0 Å². The van der Waals surface area contributed by atoms with E-state index in [0.29, 0.717) is 66.8 Å². The number of nitrogens with zero attached hydrogens (tertiary/aromatic N) is 2. The predicted molar refractivity (Wildman–Crippen MR) is 108 cm³/mol. The van der Waals surface area contributed by atoms with Crippen molar-refractivity contribution in [3.8, 4) is 11.6 Å². The van der Waals surface area contributed by atoms with Crippen LogP contribution in [0.4, 0.5) is 10.1 Å². The van der Waals surface area contributed by atoms with Gasteiger partial charge < -0.3 is 14.4 Å². The second-order valence-electron chi connectivity index (χ2n) is 8.31. The molecule has 0 N–H and O–H groups in total. The standard InChI is InChI=1S/C23H23FN2O4/c1-13-8-16(11-25-22(13)29-12-14-2-3-14)30-21-6-7-26(23(21)28)15-9-18-17(19(24)10-15)4-5-20(18)27/h8-11,14,21H,2-7,12H2,1H3. The second-order valence-corrected chi connectivity index (χ2v) is 8.31. The summed E-state index contributed by atoms with van der Waals surface area (Å²) in [6.45, 7) is 2.99. The molecule has 156 valence electrons. The number of Topliss-reactive ketones (excluding diaryl/α,β-unsaturated/α-hetero) is 1. The number of hydrogen-bond acceptors (Lipinski definition) is 5. The first kappa shape index (κ1) is 19.0. The minimum atomic E-state index is -0.670. The average Bonchev–Trinajstić information content (AvgIpc) is 3.38. The number of pyridine rings is 1. The Morgan fingerprint density at radius 3 is 2.77 bits per heavy atom. The van der Waals surface area contributed by atoms with Crippen LogP contribution in [-0.4, -0.2) is 35.9 Å². The first-order chi connectivity index (χ1) is 14.5. The number of halogens is 1. The number of anilines is 1. The summed E-state index contributed by atoms with van der Waals surface area (Å²) < 4.78 is 26.0. The molecule has 1 atom stereocenters. The molecular weight excluding hydrogens is 387 g/mol. The van der Waals surface area contributed by atoms with Gasteiger partial charge in [0.2, 0.25) is 5.88 Å². The Bertz CT molecular complexity index is 1030. The van der Waals surface area contributed by atoms with E-state index in [1.165, 1.54) is 23.8 Å². The van der Waals surface area contributed by atoms with Gasteiger partial charge in [0.25, 0.3) is 5.91 Å². The molecule has 0 spiro atoms. The van der Waals surface area contributed by atoms with E-state index in [1.54, 1.807) is 12.3 Å². The van der Waals surface area contributed by atoms with Gasteiger partial charge in [0.15, 0.2) is 11.9 Å². The lowest BCUT2D eigenvalue weighted by Gasteiger charge is -2.19. The van der Waals surface area contributed by atoms with Crippen LogP contribution < -0.4 is 14.4 Å². The topological polar surface area (TPSA) is 68.7 Å². The Labute approximate surface area is 174 Å². The Kier molecular flexibility index (Phi) is 4.68. The zero-order chi connectivity index (χ0) is 20.8. The first-order valence-electron chi connectivity index (χ1n) is 10.4. The summed E-state index contributed by atoms with van der Waals surface area (Å²) in [5, 5.41) is 0. The molecule has 0 radical (unpaired) electrons. The van der Waals surface area contributed by atoms with Crippen molar-refractivity contribution in [2.24, 2.45) is 5.92 Å². The Hall–Kier alpha value is -2.96. The third kappa shape index (κ3) is 3.53. The molecule has 1 saturated heterocycles. The normalized spacial score (nSPS) is 20.6. The first-order valence-corrected chi connectivity index (χ1v) is 10.4. The number of carbonyl (C=O) groups is 2. The van der Waals surface area contributed by atoms with Gasteiger partial charge in [-0.2, -0.15) is 0 Å². The van der Waals surface area contributed by atoms with Crippen molar-refractivity contribution in [2.75, 3.05) is 18.1 Å². The van der Waals surface area contributed by atoms with Crippen molar-refractivity contribution < 1.29 is 23.5 Å². The highest BCUT2D eigenvalue weighted by Crippen LogP contribution is 2.33. The lowest BCUT2D eigenvalue weighted by atomic mass is 10.1. The molecule has 3 aliphatic rings. The monoisotopic (exact) mass is 410 g/mol. The summed E-state index contributed by atoms with van der Waals surface area (Å²) in [5.74, 6) is 0.992. The van der Waals surface area contributed by atoms with Gasteiger partial charge in [-0.25, -0.2) is 9.37 Å². The molecule has 1 aromatic heterocycles. The van der Waals surface area contributed by atoms with Gasteiger partial charge in [-0.3, -0.25) is 9.59 Å². The molecule has 1 aromatic carbocycles. The molecular formula is C23H23FN2O4. The minimum absolute atomic E-state index is 0.0734. The lowest BCUT2D eigenvalue weighted by molar-refractivity contribution is -0.122. The fraction of sp³-hybridized carbons (Fsp3) is 0.435. The van der Waals surface area contributed by atoms with Crippen molar-refractivity contribution >= 4 is 17.4 Å². The van der Waals surface area contributed by atoms with Gasteiger partial charge >= 0.3 is 0 Å². The van der Waals surface area contributed by atoms with Crippen LogP contribution in [0.15, 0.2) is 24.4 Å². The molecule has 0 bridgehead atoms.